The summed E-state index contributed by atoms with van der Waals surface area (Å²) in [4.78, 5) is 14.4. The second-order valence-electron chi connectivity index (χ2n) is 7.10. The average Bonchev–Trinajstić information content (AvgIpc) is 2.90. The molecule has 3 rings (SSSR count). The smallest absolute Gasteiger partial charge is 0.326 e. The molecule has 132 valence electrons. The Labute approximate surface area is 148 Å². The number of carbonyl (C=O) groups excluding carboxylic acids is 1. The largest absolute Gasteiger partial charge is 0.496 e. The Kier molecular flexibility index (Phi) is 4.38. The summed E-state index contributed by atoms with van der Waals surface area (Å²) in [6, 6.07) is 14.4. The van der Waals surface area contributed by atoms with Crippen molar-refractivity contribution in [3.8, 4) is 5.75 Å². The average molecular weight is 358 g/mol. The maximum absolute atomic E-state index is 13.9. The molecule has 0 bridgehead atoms. The third kappa shape index (κ3) is 2.93. The molecule has 5 nitrogen and oxygen atoms in total. The highest BCUT2D eigenvalue weighted by Gasteiger charge is 2.50. The summed E-state index contributed by atoms with van der Waals surface area (Å²) in [5, 5.41) is 3.06. The van der Waals surface area contributed by atoms with E-state index < -0.39 is 12.3 Å². The highest BCUT2D eigenvalue weighted by molar-refractivity contribution is 7.74. The molecule has 2 aromatic carbocycles. The fourth-order valence-electron chi connectivity index (χ4n) is 3.04. The first-order valence-corrected chi connectivity index (χ1v) is 10.1. The lowest BCUT2D eigenvalue weighted by atomic mass is 10.2. The summed E-state index contributed by atoms with van der Waals surface area (Å²) in [6.45, 7) is 5.84. The van der Waals surface area contributed by atoms with Gasteiger partial charge in [0.1, 0.15) is 12.9 Å². The normalized spacial score (nSPS) is 19.4. The van der Waals surface area contributed by atoms with Gasteiger partial charge in [-0.1, -0.05) is 45.0 Å². The van der Waals surface area contributed by atoms with E-state index in [2.05, 4.69) is 5.32 Å². The van der Waals surface area contributed by atoms with Crippen molar-refractivity contribution in [2.24, 2.45) is 0 Å². The van der Waals surface area contributed by atoms with Crippen LogP contribution in [0.3, 0.4) is 0 Å². The SMILES string of the molecule is COc1cccc2c1P(=O)(C(C)(C)C)CN2C(=O)Nc1ccccc1. The summed E-state index contributed by atoms with van der Waals surface area (Å²) >= 11 is 0. The highest BCUT2D eigenvalue weighted by atomic mass is 31.2. The summed E-state index contributed by atoms with van der Waals surface area (Å²) in [6.07, 6.45) is 0.172. The molecule has 0 aliphatic carbocycles. The van der Waals surface area contributed by atoms with E-state index in [-0.39, 0.29) is 12.3 Å². The van der Waals surface area contributed by atoms with Crippen LogP contribution in [0.2, 0.25) is 0 Å². The van der Waals surface area contributed by atoms with Gasteiger partial charge in [-0.3, -0.25) is 4.90 Å². The Morgan fingerprint density at radius 3 is 2.40 bits per heavy atom. The van der Waals surface area contributed by atoms with Crippen LogP contribution >= 0.6 is 7.14 Å². The van der Waals surface area contributed by atoms with E-state index in [1.54, 1.807) is 18.1 Å². The number of amides is 2. The van der Waals surface area contributed by atoms with Gasteiger partial charge in [-0.05, 0) is 24.3 Å². The van der Waals surface area contributed by atoms with Crippen molar-refractivity contribution in [3.05, 3.63) is 48.5 Å². The minimum atomic E-state index is -2.87. The number of hydrogen-bond acceptors (Lipinski definition) is 3. The first kappa shape index (κ1) is 17.6. The van der Waals surface area contributed by atoms with E-state index in [0.717, 1.165) is 0 Å². The third-order valence-electron chi connectivity index (χ3n) is 4.54. The summed E-state index contributed by atoms with van der Waals surface area (Å²) in [7, 11) is -1.31. The van der Waals surface area contributed by atoms with Crippen LogP contribution in [0.4, 0.5) is 16.2 Å². The van der Waals surface area contributed by atoms with Crippen LogP contribution in [0.15, 0.2) is 48.5 Å². The summed E-state index contributed by atoms with van der Waals surface area (Å²) < 4.78 is 19.4. The molecule has 0 radical (unpaired) electrons. The molecule has 1 heterocycles. The number of rotatable bonds is 2. The molecule has 25 heavy (non-hydrogen) atoms. The molecule has 1 aliphatic rings. The molecule has 0 saturated heterocycles. The number of urea groups is 1. The Morgan fingerprint density at radius 1 is 1.12 bits per heavy atom. The number of hydrogen-bond donors (Lipinski definition) is 1. The van der Waals surface area contributed by atoms with Crippen LogP contribution in [0.5, 0.6) is 5.75 Å². The van der Waals surface area contributed by atoms with Crippen LogP contribution in [0.1, 0.15) is 20.8 Å². The Bertz CT molecular complexity index is 843. The molecular weight excluding hydrogens is 335 g/mol. The second-order valence-corrected chi connectivity index (χ2v) is 10.7. The molecule has 0 saturated carbocycles. The van der Waals surface area contributed by atoms with Crippen molar-refractivity contribution in [2.45, 2.75) is 25.9 Å². The molecule has 0 spiro atoms. The summed E-state index contributed by atoms with van der Waals surface area (Å²) in [5.41, 5.74) is 1.36. The van der Waals surface area contributed by atoms with E-state index >= 15 is 0 Å². The number of anilines is 2. The van der Waals surface area contributed by atoms with Crippen LogP contribution in [-0.4, -0.2) is 24.6 Å². The van der Waals surface area contributed by atoms with Crippen molar-refractivity contribution in [2.75, 3.05) is 23.6 Å². The van der Waals surface area contributed by atoms with Crippen LogP contribution < -0.4 is 20.3 Å². The number of ether oxygens (including phenoxy) is 1. The molecule has 2 amide bonds. The van der Waals surface area contributed by atoms with E-state index in [9.17, 15) is 9.36 Å². The lowest BCUT2D eigenvalue weighted by Gasteiger charge is -2.29. The lowest BCUT2D eigenvalue weighted by Crippen LogP contribution is -2.34. The monoisotopic (exact) mass is 358 g/mol. The number of fused-ring (bicyclic) bond motifs is 1. The van der Waals surface area contributed by atoms with Gasteiger partial charge < -0.3 is 14.6 Å². The molecule has 2 aromatic rings. The number of carbonyl (C=O) groups is 1. The van der Waals surface area contributed by atoms with Gasteiger partial charge in [-0.15, -0.1) is 0 Å². The zero-order valence-electron chi connectivity index (χ0n) is 14.9. The molecule has 1 atom stereocenters. The van der Waals surface area contributed by atoms with Crippen molar-refractivity contribution >= 4 is 29.9 Å². The van der Waals surface area contributed by atoms with Crippen LogP contribution in [0, 0.1) is 0 Å². The molecule has 0 fully saturated rings. The maximum atomic E-state index is 13.9. The Balaban J connectivity index is 2.05. The summed E-state index contributed by atoms with van der Waals surface area (Å²) in [5.74, 6) is 0.575. The third-order valence-corrected chi connectivity index (χ3v) is 8.56. The van der Waals surface area contributed by atoms with Gasteiger partial charge in [0.05, 0.1) is 24.4 Å². The van der Waals surface area contributed by atoms with Crippen molar-refractivity contribution in [3.63, 3.8) is 0 Å². The predicted octanol–water partition coefficient (Wildman–Crippen LogP) is 4.49. The van der Waals surface area contributed by atoms with Crippen molar-refractivity contribution < 1.29 is 14.1 Å². The number of nitrogens with one attached hydrogen (secondary N) is 1. The van der Waals surface area contributed by atoms with E-state index in [1.807, 2.05) is 63.2 Å². The number of benzene rings is 2. The number of nitrogens with zero attached hydrogens (tertiary/aromatic N) is 1. The van der Waals surface area contributed by atoms with E-state index in [4.69, 9.17) is 4.74 Å². The van der Waals surface area contributed by atoms with E-state index in [0.29, 0.717) is 22.4 Å². The molecule has 0 aromatic heterocycles. The van der Waals surface area contributed by atoms with Gasteiger partial charge in [0.2, 0.25) is 0 Å². The number of para-hydroxylation sites is 1. The first-order chi connectivity index (χ1) is 11.8. The lowest BCUT2D eigenvalue weighted by molar-refractivity contribution is 0.258. The Morgan fingerprint density at radius 2 is 1.80 bits per heavy atom. The second kappa shape index (κ2) is 6.23. The Hall–Kier alpha value is -2.26. The zero-order chi connectivity index (χ0) is 18.2. The first-order valence-electron chi connectivity index (χ1n) is 8.18. The van der Waals surface area contributed by atoms with Gasteiger partial charge in [0.25, 0.3) is 0 Å². The van der Waals surface area contributed by atoms with Gasteiger partial charge >= 0.3 is 6.03 Å². The minimum absolute atomic E-state index is 0.172. The minimum Gasteiger partial charge on any atom is -0.496 e. The zero-order valence-corrected chi connectivity index (χ0v) is 15.8. The topological polar surface area (TPSA) is 58.6 Å². The predicted molar refractivity (Wildman–Crippen MR) is 103 cm³/mol. The van der Waals surface area contributed by atoms with E-state index in [1.165, 1.54) is 0 Å². The van der Waals surface area contributed by atoms with Crippen molar-refractivity contribution in [1.82, 2.24) is 0 Å². The molecule has 1 aliphatic heterocycles. The molecule has 1 unspecified atom stereocenters. The molecular formula is C19H23N2O3P. The number of methoxy groups -OCH3 is 1. The quantitative estimate of drug-likeness (QED) is 0.805. The molecule has 1 N–H and O–H groups in total. The van der Waals surface area contributed by atoms with Gasteiger partial charge in [0, 0.05) is 10.8 Å². The highest BCUT2D eigenvalue weighted by Crippen LogP contribution is 2.64. The standard InChI is InChI=1S/C19H23N2O3P/c1-19(2,3)25(23)13-21(15-11-8-12-16(24-4)17(15)25)18(22)20-14-9-6-5-7-10-14/h5-12H,13H2,1-4H3,(H,20,22). The van der Waals surface area contributed by atoms with Gasteiger partial charge in [-0.2, -0.15) is 0 Å². The van der Waals surface area contributed by atoms with Crippen LogP contribution in [0.25, 0.3) is 0 Å². The maximum Gasteiger partial charge on any atom is 0.326 e. The van der Waals surface area contributed by atoms with Crippen molar-refractivity contribution in [1.29, 1.82) is 0 Å². The fourth-order valence-corrected chi connectivity index (χ4v) is 6.04. The van der Waals surface area contributed by atoms with Crippen LogP contribution in [-0.2, 0) is 4.57 Å². The fraction of sp³-hybridized carbons (Fsp3) is 0.316. The van der Waals surface area contributed by atoms with Gasteiger partial charge in [-0.25, -0.2) is 4.79 Å². The van der Waals surface area contributed by atoms with Gasteiger partial charge in [0.15, 0.2) is 0 Å². The molecule has 6 heteroatoms.